The molecule has 2 aromatic rings. The number of amides is 1. The lowest BCUT2D eigenvalue weighted by Gasteiger charge is -2.06. The summed E-state index contributed by atoms with van der Waals surface area (Å²) in [4.78, 5) is 32.6. The maximum absolute atomic E-state index is 10.9. The van der Waals surface area contributed by atoms with Gasteiger partial charge in [0.1, 0.15) is 0 Å². The van der Waals surface area contributed by atoms with Gasteiger partial charge in [0, 0.05) is 32.2 Å². The number of nitro groups is 1. The lowest BCUT2D eigenvalue weighted by molar-refractivity contribution is -0.389. The van der Waals surface area contributed by atoms with Crippen LogP contribution in [0.5, 0.6) is 11.6 Å². The minimum atomic E-state index is -0.587. The number of aryl methyl sites for hydroxylation is 1. The fraction of sp³-hybridized carbons (Fsp3) is 0.167. The van der Waals surface area contributed by atoms with Gasteiger partial charge in [0.25, 0.3) is 0 Å². The number of rotatable bonds is 4. The van der Waals surface area contributed by atoms with E-state index in [9.17, 15) is 14.9 Å². The summed E-state index contributed by atoms with van der Waals surface area (Å²) in [6, 6.07) is 4.16. The molecular formula is C12H11N5O4. The predicted octanol–water partition coefficient (Wildman–Crippen LogP) is 1.84. The van der Waals surface area contributed by atoms with Crippen molar-refractivity contribution in [3.05, 3.63) is 40.2 Å². The van der Waals surface area contributed by atoms with Crippen molar-refractivity contribution in [3.63, 3.8) is 0 Å². The van der Waals surface area contributed by atoms with Crippen LogP contribution >= 0.6 is 0 Å². The van der Waals surface area contributed by atoms with Crippen molar-refractivity contribution in [2.24, 2.45) is 0 Å². The second-order valence-corrected chi connectivity index (χ2v) is 4.01. The van der Waals surface area contributed by atoms with Gasteiger partial charge in [-0.1, -0.05) is 0 Å². The minimum absolute atomic E-state index is 0.104. The fourth-order valence-electron chi connectivity index (χ4n) is 1.47. The summed E-state index contributed by atoms with van der Waals surface area (Å²) < 4.78 is 5.48. The average Bonchev–Trinajstić information content (AvgIpc) is 2.40. The summed E-state index contributed by atoms with van der Waals surface area (Å²) in [5.41, 5.74) is 0.351. The van der Waals surface area contributed by atoms with E-state index in [4.69, 9.17) is 4.74 Å². The van der Waals surface area contributed by atoms with E-state index in [-0.39, 0.29) is 23.6 Å². The summed E-state index contributed by atoms with van der Waals surface area (Å²) >= 11 is 0. The number of hydrogen-bond donors (Lipinski definition) is 1. The zero-order valence-electron chi connectivity index (χ0n) is 11.2. The van der Waals surface area contributed by atoms with Gasteiger partial charge in [-0.05, 0) is 16.0 Å². The SMILES string of the molecule is CC(=O)Nc1nccc(Oc2ccc([N+](=O)[O-])nc2C)n1. The van der Waals surface area contributed by atoms with Crippen molar-refractivity contribution in [3.8, 4) is 11.6 Å². The Morgan fingerprint density at radius 3 is 2.71 bits per heavy atom. The minimum Gasteiger partial charge on any atom is -0.435 e. The van der Waals surface area contributed by atoms with E-state index in [0.29, 0.717) is 11.4 Å². The van der Waals surface area contributed by atoms with E-state index in [2.05, 4.69) is 20.3 Å². The molecule has 0 atom stereocenters. The zero-order valence-corrected chi connectivity index (χ0v) is 11.2. The van der Waals surface area contributed by atoms with Crippen LogP contribution in [-0.2, 0) is 4.79 Å². The molecule has 0 aromatic carbocycles. The number of nitrogens with zero attached hydrogens (tertiary/aromatic N) is 4. The lowest BCUT2D eigenvalue weighted by atomic mass is 10.3. The van der Waals surface area contributed by atoms with Crippen molar-refractivity contribution in [1.82, 2.24) is 15.0 Å². The number of carbonyl (C=O) groups excluding carboxylic acids is 1. The summed E-state index contributed by atoms with van der Waals surface area (Å²) in [6.45, 7) is 2.92. The van der Waals surface area contributed by atoms with E-state index in [0.717, 1.165) is 0 Å². The van der Waals surface area contributed by atoms with Crippen LogP contribution in [-0.4, -0.2) is 25.8 Å². The van der Waals surface area contributed by atoms with Gasteiger partial charge < -0.3 is 14.9 Å². The first-order valence-electron chi connectivity index (χ1n) is 5.86. The Morgan fingerprint density at radius 1 is 1.33 bits per heavy atom. The largest absolute Gasteiger partial charge is 0.435 e. The number of hydrogen-bond acceptors (Lipinski definition) is 7. The smallest absolute Gasteiger partial charge is 0.363 e. The predicted molar refractivity (Wildman–Crippen MR) is 72.0 cm³/mol. The second kappa shape index (κ2) is 5.90. The first-order chi connectivity index (χ1) is 9.95. The molecule has 1 amide bonds. The van der Waals surface area contributed by atoms with Crippen molar-refractivity contribution < 1.29 is 14.5 Å². The summed E-state index contributed by atoms with van der Waals surface area (Å²) in [6.07, 6.45) is 1.42. The Kier molecular flexibility index (Phi) is 4.02. The molecule has 108 valence electrons. The fourth-order valence-corrected chi connectivity index (χ4v) is 1.47. The number of pyridine rings is 1. The van der Waals surface area contributed by atoms with Crippen LogP contribution in [0.3, 0.4) is 0 Å². The normalized spacial score (nSPS) is 10.0. The van der Waals surface area contributed by atoms with Gasteiger partial charge in [0.05, 0.1) is 0 Å². The Labute approximate surface area is 119 Å². The molecule has 0 saturated heterocycles. The van der Waals surface area contributed by atoms with E-state index in [1.165, 1.54) is 31.3 Å². The van der Waals surface area contributed by atoms with Gasteiger partial charge in [0.2, 0.25) is 17.7 Å². The highest BCUT2D eigenvalue weighted by Gasteiger charge is 2.14. The van der Waals surface area contributed by atoms with E-state index in [1.54, 1.807) is 6.92 Å². The number of nitrogens with one attached hydrogen (secondary N) is 1. The van der Waals surface area contributed by atoms with Crippen molar-refractivity contribution in [1.29, 1.82) is 0 Å². The van der Waals surface area contributed by atoms with Gasteiger partial charge in [0.15, 0.2) is 11.4 Å². The van der Waals surface area contributed by atoms with E-state index >= 15 is 0 Å². The molecule has 0 radical (unpaired) electrons. The zero-order chi connectivity index (χ0) is 15.4. The van der Waals surface area contributed by atoms with Crippen LogP contribution in [0.2, 0.25) is 0 Å². The Hall–Kier alpha value is -3.10. The molecular weight excluding hydrogens is 278 g/mol. The molecule has 0 fully saturated rings. The standard InChI is InChI=1S/C12H11N5O4/c1-7-9(3-4-10(14-7)17(19)20)21-11-5-6-13-12(16-11)15-8(2)18/h3-6H,1-2H3,(H,13,15,16,18). The monoisotopic (exact) mass is 289 g/mol. The number of ether oxygens (including phenoxy) is 1. The summed E-state index contributed by atoms with van der Waals surface area (Å²) in [5, 5.41) is 13.0. The average molecular weight is 289 g/mol. The molecule has 0 saturated carbocycles. The number of anilines is 1. The molecule has 21 heavy (non-hydrogen) atoms. The van der Waals surface area contributed by atoms with Crippen LogP contribution in [0, 0.1) is 17.0 Å². The Morgan fingerprint density at radius 2 is 2.10 bits per heavy atom. The highest BCUT2D eigenvalue weighted by Crippen LogP contribution is 2.24. The molecule has 0 bridgehead atoms. The van der Waals surface area contributed by atoms with Crippen LogP contribution in [0.4, 0.5) is 11.8 Å². The molecule has 0 spiro atoms. The van der Waals surface area contributed by atoms with Crippen LogP contribution in [0.25, 0.3) is 0 Å². The van der Waals surface area contributed by atoms with E-state index in [1.807, 2.05) is 0 Å². The molecule has 0 unspecified atom stereocenters. The first-order valence-corrected chi connectivity index (χ1v) is 5.86. The highest BCUT2D eigenvalue weighted by atomic mass is 16.6. The first kappa shape index (κ1) is 14.3. The molecule has 0 aliphatic carbocycles. The molecule has 9 heteroatoms. The lowest BCUT2D eigenvalue weighted by Crippen LogP contribution is -2.09. The number of aromatic nitrogens is 3. The quantitative estimate of drug-likeness (QED) is 0.673. The molecule has 0 aliphatic rings. The van der Waals surface area contributed by atoms with E-state index < -0.39 is 4.92 Å². The Bertz CT molecular complexity index is 704. The molecule has 0 aliphatic heterocycles. The van der Waals surface area contributed by atoms with Gasteiger partial charge in [-0.3, -0.25) is 10.1 Å². The molecule has 1 N–H and O–H groups in total. The van der Waals surface area contributed by atoms with Crippen LogP contribution in [0.15, 0.2) is 24.4 Å². The van der Waals surface area contributed by atoms with Crippen LogP contribution < -0.4 is 10.1 Å². The van der Waals surface area contributed by atoms with Crippen molar-refractivity contribution >= 4 is 17.7 Å². The molecule has 2 aromatic heterocycles. The third-order valence-corrected chi connectivity index (χ3v) is 2.34. The number of carbonyl (C=O) groups is 1. The van der Waals surface area contributed by atoms with Crippen molar-refractivity contribution in [2.45, 2.75) is 13.8 Å². The summed E-state index contributed by atoms with van der Waals surface area (Å²) in [7, 11) is 0. The third-order valence-electron chi connectivity index (χ3n) is 2.34. The van der Waals surface area contributed by atoms with Crippen molar-refractivity contribution in [2.75, 3.05) is 5.32 Å². The topological polar surface area (TPSA) is 120 Å². The van der Waals surface area contributed by atoms with Crippen LogP contribution in [0.1, 0.15) is 12.6 Å². The Balaban J connectivity index is 2.22. The third kappa shape index (κ3) is 3.69. The molecule has 2 rings (SSSR count). The second-order valence-electron chi connectivity index (χ2n) is 4.01. The van der Waals surface area contributed by atoms with Gasteiger partial charge in [-0.2, -0.15) is 4.98 Å². The van der Waals surface area contributed by atoms with Gasteiger partial charge >= 0.3 is 5.82 Å². The highest BCUT2D eigenvalue weighted by molar-refractivity contribution is 5.86. The van der Waals surface area contributed by atoms with Gasteiger partial charge in [-0.25, -0.2) is 4.98 Å². The molecule has 9 nitrogen and oxygen atoms in total. The summed E-state index contributed by atoms with van der Waals surface area (Å²) in [5.74, 6) is 0.0508. The molecule has 2 heterocycles. The maximum atomic E-state index is 10.9. The van der Waals surface area contributed by atoms with Gasteiger partial charge in [-0.15, -0.1) is 0 Å². The maximum Gasteiger partial charge on any atom is 0.363 e.